The van der Waals surface area contributed by atoms with Crippen LogP contribution in [0, 0.1) is 0 Å². The normalized spacial score (nSPS) is 12.2. The molecule has 1 atom stereocenters. The molecular weight excluding hydrogens is 172 g/mol. The van der Waals surface area contributed by atoms with Crippen molar-refractivity contribution in [3.8, 4) is 0 Å². The van der Waals surface area contributed by atoms with Crippen molar-refractivity contribution in [2.75, 3.05) is 0 Å². The van der Waals surface area contributed by atoms with E-state index in [0.717, 1.165) is 19.3 Å². The number of carboxylic acid groups (broad SMARTS) is 1. The van der Waals surface area contributed by atoms with Crippen molar-refractivity contribution in [3.63, 3.8) is 0 Å². The highest BCUT2D eigenvalue weighted by molar-refractivity contribution is 5.90. The minimum Gasteiger partial charge on any atom is -0.481 e. The molecule has 0 unspecified atom stereocenters. The molecule has 4 heteroatoms. The smallest absolute Gasteiger partial charge is 0.317 e. The summed E-state index contributed by atoms with van der Waals surface area (Å²) in [6, 6.07) is 0. The second-order valence-corrected chi connectivity index (χ2v) is 3.01. The van der Waals surface area contributed by atoms with Crippen molar-refractivity contribution < 1.29 is 19.4 Å². The average Bonchev–Trinajstić information content (AvgIpc) is 1.98. The fraction of sp³-hybridized carbons (Fsp3) is 0.778. The largest absolute Gasteiger partial charge is 0.481 e. The Morgan fingerprint density at radius 3 is 2.54 bits per heavy atom. The minimum atomic E-state index is -1.15. The molecule has 0 saturated carbocycles. The monoisotopic (exact) mass is 188 g/mol. The first-order chi connectivity index (χ1) is 6.06. The van der Waals surface area contributed by atoms with Crippen LogP contribution in [-0.4, -0.2) is 23.1 Å². The molecule has 0 bridgehead atoms. The van der Waals surface area contributed by atoms with E-state index in [1.807, 2.05) is 6.92 Å². The van der Waals surface area contributed by atoms with Gasteiger partial charge in [-0.05, 0) is 13.3 Å². The predicted molar refractivity (Wildman–Crippen MR) is 47.3 cm³/mol. The Morgan fingerprint density at radius 1 is 1.46 bits per heavy atom. The highest BCUT2D eigenvalue weighted by Gasteiger charge is 2.12. The maximum atomic E-state index is 10.8. The fourth-order valence-electron chi connectivity index (χ4n) is 0.940. The zero-order chi connectivity index (χ0) is 10.3. The summed E-state index contributed by atoms with van der Waals surface area (Å²) in [5, 5.41) is 8.27. The molecule has 0 aliphatic heterocycles. The lowest BCUT2D eigenvalue weighted by molar-refractivity contribution is -0.154. The number of carboxylic acids is 1. The van der Waals surface area contributed by atoms with E-state index in [-0.39, 0.29) is 6.10 Å². The van der Waals surface area contributed by atoms with Gasteiger partial charge in [0.2, 0.25) is 0 Å². The predicted octanol–water partition coefficient (Wildman–Crippen LogP) is 1.58. The zero-order valence-electron chi connectivity index (χ0n) is 8.08. The third kappa shape index (κ3) is 7.31. The third-order valence-corrected chi connectivity index (χ3v) is 1.59. The van der Waals surface area contributed by atoms with Gasteiger partial charge in [-0.25, -0.2) is 0 Å². The van der Waals surface area contributed by atoms with Gasteiger partial charge in [0.25, 0.3) is 0 Å². The Kier molecular flexibility index (Phi) is 5.93. The minimum absolute atomic E-state index is 0.174. The van der Waals surface area contributed by atoms with Crippen LogP contribution < -0.4 is 0 Å². The topological polar surface area (TPSA) is 63.6 Å². The molecular formula is C9H16O4. The molecule has 0 aromatic rings. The summed E-state index contributed by atoms with van der Waals surface area (Å²) in [6.45, 7) is 3.82. The number of unbranched alkanes of at least 4 members (excludes halogenated alkanes) is 1. The van der Waals surface area contributed by atoms with Gasteiger partial charge in [-0.15, -0.1) is 0 Å². The molecule has 0 aromatic carbocycles. The van der Waals surface area contributed by atoms with Gasteiger partial charge >= 0.3 is 11.9 Å². The van der Waals surface area contributed by atoms with Crippen molar-refractivity contribution in [2.24, 2.45) is 0 Å². The van der Waals surface area contributed by atoms with Crippen LogP contribution in [0.1, 0.15) is 39.5 Å². The Labute approximate surface area is 77.9 Å². The van der Waals surface area contributed by atoms with Crippen LogP contribution in [0.4, 0.5) is 0 Å². The number of hydrogen-bond donors (Lipinski definition) is 1. The Hall–Kier alpha value is -1.06. The molecule has 0 rings (SSSR count). The van der Waals surface area contributed by atoms with E-state index in [1.54, 1.807) is 6.92 Å². The van der Waals surface area contributed by atoms with E-state index < -0.39 is 18.4 Å². The van der Waals surface area contributed by atoms with Crippen LogP contribution in [0.25, 0.3) is 0 Å². The van der Waals surface area contributed by atoms with Crippen LogP contribution in [0.2, 0.25) is 0 Å². The summed E-state index contributed by atoms with van der Waals surface area (Å²) in [5.41, 5.74) is 0. The van der Waals surface area contributed by atoms with E-state index in [1.165, 1.54) is 0 Å². The van der Waals surface area contributed by atoms with Crippen molar-refractivity contribution >= 4 is 11.9 Å². The van der Waals surface area contributed by atoms with Gasteiger partial charge in [-0.1, -0.05) is 19.8 Å². The number of esters is 1. The first-order valence-corrected chi connectivity index (χ1v) is 4.47. The van der Waals surface area contributed by atoms with Crippen LogP contribution in [0.15, 0.2) is 0 Å². The van der Waals surface area contributed by atoms with Gasteiger partial charge < -0.3 is 9.84 Å². The second-order valence-electron chi connectivity index (χ2n) is 3.01. The molecule has 0 saturated heterocycles. The second kappa shape index (κ2) is 6.46. The van der Waals surface area contributed by atoms with Gasteiger partial charge in [0.1, 0.15) is 6.42 Å². The standard InChI is InChI=1S/C9H16O4/c1-3-4-5-7(2)13-9(12)6-8(10)11/h7H,3-6H2,1-2H3,(H,10,11)/t7-/m1/s1. The molecule has 0 amide bonds. The molecule has 4 nitrogen and oxygen atoms in total. The number of hydrogen-bond acceptors (Lipinski definition) is 3. The highest BCUT2D eigenvalue weighted by atomic mass is 16.5. The fourth-order valence-corrected chi connectivity index (χ4v) is 0.940. The van der Waals surface area contributed by atoms with E-state index in [4.69, 9.17) is 9.84 Å². The van der Waals surface area contributed by atoms with Crippen LogP contribution >= 0.6 is 0 Å². The van der Waals surface area contributed by atoms with Crippen molar-refractivity contribution in [3.05, 3.63) is 0 Å². The quantitative estimate of drug-likeness (QED) is 0.507. The number of carbonyl (C=O) groups is 2. The van der Waals surface area contributed by atoms with Crippen molar-refractivity contribution in [2.45, 2.75) is 45.6 Å². The van der Waals surface area contributed by atoms with Crippen LogP contribution in [0.5, 0.6) is 0 Å². The molecule has 0 aliphatic carbocycles. The Balaban J connectivity index is 3.59. The molecule has 13 heavy (non-hydrogen) atoms. The van der Waals surface area contributed by atoms with E-state index >= 15 is 0 Å². The third-order valence-electron chi connectivity index (χ3n) is 1.59. The lowest BCUT2D eigenvalue weighted by Crippen LogP contribution is -2.17. The summed E-state index contributed by atoms with van der Waals surface area (Å²) in [6.07, 6.45) is 2.10. The van der Waals surface area contributed by atoms with E-state index in [2.05, 4.69) is 0 Å². The molecule has 0 radical (unpaired) electrons. The van der Waals surface area contributed by atoms with Gasteiger partial charge in [0.05, 0.1) is 6.10 Å². The Morgan fingerprint density at radius 2 is 2.08 bits per heavy atom. The summed E-state index contributed by atoms with van der Waals surface area (Å²) < 4.78 is 4.84. The maximum Gasteiger partial charge on any atom is 0.317 e. The lowest BCUT2D eigenvalue weighted by Gasteiger charge is -2.11. The number of ether oxygens (including phenoxy) is 1. The number of rotatable bonds is 6. The molecule has 1 N–H and O–H groups in total. The molecule has 0 aliphatic rings. The number of carbonyl (C=O) groups excluding carboxylic acids is 1. The first-order valence-electron chi connectivity index (χ1n) is 4.47. The highest BCUT2D eigenvalue weighted by Crippen LogP contribution is 2.04. The van der Waals surface area contributed by atoms with Gasteiger partial charge in [-0.2, -0.15) is 0 Å². The zero-order valence-corrected chi connectivity index (χ0v) is 8.08. The maximum absolute atomic E-state index is 10.8. The molecule has 0 aromatic heterocycles. The summed E-state index contributed by atoms with van der Waals surface area (Å²) in [5.74, 6) is -1.80. The molecule has 76 valence electrons. The SMILES string of the molecule is CCCC[C@@H](C)OC(=O)CC(=O)O. The summed E-state index contributed by atoms with van der Waals surface area (Å²) in [4.78, 5) is 20.9. The Bertz CT molecular complexity index is 176. The van der Waals surface area contributed by atoms with Gasteiger partial charge in [0, 0.05) is 0 Å². The average molecular weight is 188 g/mol. The number of aliphatic carboxylic acids is 1. The molecule has 0 fully saturated rings. The van der Waals surface area contributed by atoms with Gasteiger partial charge in [0.15, 0.2) is 0 Å². The summed E-state index contributed by atoms with van der Waals surface area (Å²) >= 11 is 0. The van der Waals surface area contributed by atoms with Crippen LogP contribution in [0.3, 0.4) is 0 Å². The molecule has 0 spiro atoms. The first kappa shape index (κ1) is 11.9. The summed E-state index contributed by atoms with van der Waals surface area (Å²) in [7, 11) is 0. The lowest BCUT2D eigenvalue weighted by atomic mass is 10.2. The van der Waals surface area contributed by atoms with Crippen molar-refractivity contribution in [1.82, 2.24) is 0 Å². The van der Waals surface area contributed by atoms with Crippen molar-refractivity contribution in [1.29, 1.82) is 0 Å². The van der Waals surface area contributed by atoms with Gasteiger partial charge in [-0.3, -0.25) is 9.59 Å². The van der Waals surface area contributed by atoms with E-state index in [0.29, 0.717) is 0 Å². The van der Waals surface area contributed by atoms with Crippen LogP contribution in [-0.2, 0) is 14.3 Å². The van der Waals surface area contributed by atoms with E-state index in [9.17, 15) is 9.59 Å². The molecule has 0 heterocycles.